The number of hydrogen-bond donors (Lipinski definition) is 3. The first-order valence-corrected chi connectivity index (χ1v) is 7.30. The number of amides is 2. The Morgan fingerprint density at radius 3 is 2.58 bits per heavy atom. The number of nitrogens with one attached hydrogen (secondary N) is 2. The van der Waals surface area contributed by atoms with Gasteiger partial charge < -0.3 is 10.6 Å². The van der Waals surface area contributed by atoms with Crippen molar-refractivity contribution in [1.82, 2.24) is 10.6 Å². The van der Waals surface area contributed by atoms with Crippen molar-refractivity contribution in [3.63, 3.8) is 0 Å². The van der Waals surface area contributed by atoms with E-state index in [9.17, 15) is 9.59 Å². The zero-order chi connectivity index (χ0) is 14.4. The number of thiol groups is 1. The summed E-state index contributed by atoms with van der Waals surface area (Å²) in [6, 6.07) is 6.96. The molecule has 1 rings (SSSR count). The van der Waals surface area contributed by atoms with E-state index in [1.165, 1.54) is 6.92 Å². The molecule has 0 heterocycles. The molecule has 0 aliphatic heterocycles. The molecule has 0 aliphatic rings. The molecule has 0 fully saturated rings. The summed E-state index contributed by atoms with van der Waals surface area (Å²) < 4.78 is 0.957. The predicted molar refractivity (Wildman–Crippen MR) is 82.2 cm³/mol. The third-order valence-electron chi connectivity index (χ3n) is 2.58. The smallest absolute Gasteiger partial charge is 0.243 e. The molecule has 2 atom stereocenters. The Kier molecular flexibility index (Phi) is 6.37. The maximum atomic E-state index is 12.0. The molecular formula is C13H17BrN2O2S. The van der Waals surface area contributed by atoms with Gasteiger partial charge in [-0.2, -0.15) is 12.6 Å². The molecule has 0 aliphatic carbocycles. The van der Waals surface area contributed by atoms with E-state index in [0.29, 0.717) is 0 Å². The van der Waals surface area contributed by atoms with Crippen molar-refractivity contribution in [2.45, 2.75) is 25.9 Å². The highest BCUT2D eigenvalue weighted by molar-refractivity contribution is 9.10. The molecule has 0 spiro atoms. The minimum atomic E-state index is -0.615. The first-order valence-electron chi connectivity index (χ1n) is 5.88. The Morgan fingerprint density at radius 1 is 1.37 bits per heavy atom. The van der Waals surface area contributed by atoms with Crippen LogP contribution in [0, 0.1) is 0 Å². The second-order valence-corrected chi connectivity index (χ2v) is 5.50. The molecule has 4 nitrogen and oxygen atoms in total. The van der Waals surface area contributed by atoms with Crippen molar-refractivity contribution < 1.29 is 9.59 Å². The number of carbonyl (C=O) groups excluding carboxylic acids is 2. The number of carbonyl (C=O) groups is 2. The van der Waals surface area contributed by atoms with Gasteiger partial charge in [-0.15, -0.1) is 0 Å². The average molecular weight is 345 g/mol. The number of hydrogen-bond acceptors (Lipinski definition) is 3. The quantitative estimate of drug-likeness (QED) is 0.716. The fourth-order valence-corrected chi connectivity index (χ4v) is 2.29. The molecule has 104 valence electrons. The Bertz CT molecular complexity index is 468. The topological polar surface area (TPSA) is 58.2 Å². The molecule has 2 amide bonds. The molecule has 0 radical (unpaired) electrons. The van der Waals surface area contributed by atoms with Crippen LogP contribution in [0.15, 0.2) is 28.7 Å². The Morgan fingerprint density at radius 2 is 2.05 bits per heavy atom. The molecule has 0 saturated heterocycles. The highest BCUT2D eigenvalue weighted by atomic mass is 79.9. The van der Waals surface area contributed by atoms with Crippen LogP contribution in [0.25, 0.3) is 0 Å². The van der Waals surface area contributed by atoms with E-state index < -0.39 is 6.04 Å². The summed E-state index contributed by atoms with van der Waals surface area (Å²) in [4.78, 5) is 23.0. The van der Waals surface area contributed by atoms with E-state index in [1.807, 2.05) is 31.2 Å². The van der Waals surface area contributed by atoms with E-state index >= 15 is 0 Å². The van der Waals surface area contributed by atoms with Crippen molar-refractivity contribution in [3.05, 3.63) is 34.3 Å². The van der Waals surface area contributed by atoms with Gasteiger partial charge in [-0.1, -0.05) is 28.1 Å². The predicted octanol–water partition coefficient (Wildman–Crippen LogP) is 2.06. The van der Waals surface area contributed by atoms with Crippen LogP contribution in [0.4, 0.5) is 0 Å². The Hall–Kier alpha value is -1.01. The van der Waals surface area contributed by atoms with Gasteiger partial charge in [0.25, 0.3) is 0 Å². The Labute approximate surface area is 126 Å². The maximum Gasteiger partial charge on any atom is 0.243 e. The van der Waals surface area contributed by atoms with Crippen LogP contribution < -0.4 is 10.6 Å². The SMILES string of the molecule is CC(=O)NC(CS)C(=O)NC(C)c1cccc(Br)c1. The van der Waals surface area contributed by atoms with Crippen LogP contribution in [-0.4, -0.2) is 23.6 Å². The van der Waals surface area contributed by atoms with Gasteiger partial charge >= 0.3 is 0 Å². The zero-order valence-corrected chi connectivity index (χ0v) is 13.3. The van der Waals surface area contributed by atoms with Crippen molar-refractivity contribution in [3.8, 4) is 0 Å². The molecule has 6 heteroatoms. The molecule has 0 saturated carbocycles. The summed E-state index contributed by atoms with van der Waals surface area (Å²) in [5, 5.41) is 5.42. The number of halogens is 1. The van der Waals surface area contributed by atoms with Gasteiger partial charge in [-0.25, -0.2) is 0 Å². The molecular weight excluding hydrogens is 328 g/mol. The van der Waals surface area contributed by atoms with Gasteiger partial charge in [-0.05, 0) is 24.6 Å². The zero-order valence-electron chi connectivity index (χ0n) is 10.8. The van der Waals surface area contributed by atoms with Gasteiger partial charge in [0.05, 0.1) is 6.04 Å². The first-order chi connectivity index (χ1) is 8.93. The van der Waals surface area contributed by atoms with Gasteiger partial charge in [0.2, 0.25) is 11.8 Å². The molecule has 1 aromatic carbocycles. The molecule has 2 unspecified atom stereocenters. The summed E-state index contributed by atoms with van der Waals surface area (Å²) in [6.45, 7) is 3.27. The summed E-state index contributed by atoms with van der Waals surface area (Å²) in [5.41, 5.74) is 0.989. The minimum Gasteiger partial charge on any atom is -0.348 e. The third kappa shape index (κ3) is 5.24. The van der Waals surface area contributed by atoms with E-state index in [4.69, 9.17) is 0 Å². The highest BCUT2D eigenvalue weighted by Gasteiger charge is 2.19. The van der Waals surface area contributed by atoms with Crippen molar-refractivity contribution in [2.24, 2.45) is 0 Å². The summed E-state index contributed by atoms with van der Waals surface area (Å²) >= 11 is 7.46. The van der Waals surface area contributed by atoms with Crippen LogP contribution in [0.5, 0.6) is 0 Å². The van der Waals surface area contributed by atoms with Gasteiger partial charge in [0.15, 0.2) is 0 Å². The molecule has 0 aromatic heterocycles. The van der Waals surface area contributed by atoms with Gasteiger partial charge in [-0.3, -0.25) is 9.59 Å². The second-order valence-electron chi connectivity index (χ2n) is 4.22. The second kappa shape index (κ2) is 7.55. The normalized spacial score (nSPS) is 13.5. The van der Waals surface area contributed by atoms with Crippen LogP contribution in [0.3, 0.4) is 0 Å². The van der Waals surface area contributed by atoms with E-state index in [2.05, 4.69) is 39.2 Å². The standard InChI is InChI=1S/C13H17BrN2O2S/c1-8(10-4-3-5-11(14)6-10)15-13(18)12(7-19)16-9(2)17/h3-6,8,12,19H,7H2,1-2H3,(H,15,18)(H,16,17). The largest absolute Gasteiger partial charge is 0.348 e. The van der Waals surface area contributed by atoms with E-state index in [-0.39, 0.29) is 23.6 Å². The molecule has 2 N–H and O–H groups in total. The summed E-state index contributed by atoms with van der Waals surface area (Å²) in [6.07, 6.45) is 0. The fourth-order valence-electron chi connectivity index (χ4n) is 1.61. The van der Waals surface area contributed by atoms with Crippen molar-refractivity contribution >= 4 is 40.4 Å². The first kappa shape index (κ1) is 16.0. The maximum absolute atomic E-state index is 12.0. The minimum absolute atomic E-state index is 0.138. The Balaban J connectivity index is 2.67. The third-order valence-corrected chi connectivity index (χ3v) is 3.44. The van der Waals surface area contributed by atoms with E-state index in [1.54, 1.807) is 0 Å². The van der Waals surface area contributed by atoms with Crippen LogP contribution in [0.1, 0.15) is 25.5 Å². The fraction of sp³-hybridized carbons (Fsp3) is 0.385. The lowest BCUT2D eigenvalue weighted by Gasteiger charge is -2.20. The average Bonchev–Trinajstić information content (AvgIpc) is 2.35. The van der Waals surface area contributed by atoms with Crippen molar-refractivity contribution in [2.75, 3.05) is 5.75 Å². The summed E-state index contributed by atoms with van der Waals surface area (Å²) in [7, 11) is 0. The summed E-state index contributed by atoms with van der Waals surface area (Å²) in [5.74, 6) is -0.224. The van der Waals surface area contributed by atoms with Crippen molar-refractivity contribution in [1.29, 1.82) is 0 Å². The van der Waals surface area contributed by atoms with Crippen LogP contribution in [-0.2, 0) is 9.59 Å². The monoisotopic (exact) mass is 344 g/mol. The van der Waals surface area contributed by atoms with Gasteiger partial charge in [0, 0.05) is 17.1 Å². The molecule has 0 bridgehead atoms. The number of rotatable bonds is 5. The lowest BCUT2D eigenvalue weighted by molar-refractivity contribution is -0.127. The molecule has 19 heavy (non-hydrogen) atoms. The molecule has 1 aromatic rings. The lowest BCUT2D eigenvalue weighted by atomic mass is 10.1. The van der Waals surface area contributed by atoms with Crippen LogP contribution >= 0.6 is 28.6 Å². The number of benzene rings is 1. The van der Waals surface area contributed by atoms with E-state index in [0.717, 1.165) is 10.0 Å². The lowest BCUT2D eigenvalue weighted by Crippen LogP contribution is -2.47. The highest BCUT2D eigenvalue weighted by Crippen LogP contribution is 2.17. The van der Waals surface area contributed by atoms with Gasteiger partial charge in [0.1, 0.15) is 6.04 Å². The van der Waals surface area contributed by atoms with Crippen LogP contribution in [0.2, 0.25) is 0 Å².